The summed E-state index contributed by atoms with van der Waals surface area (Å²) >= 11 is 0. The van der Waals surface area contributed by atoms with Crippen LogP contribution in [-0.2, 0) is 6.42 Å². The molecule has 1 aromatic carbocycles. The van der Waals surface area contributed by atoms with Crippen LogP contribution in [0.15, 0.2) is 36.0 Å². The lowest BCUT2D eigenvalue weighted by Crippen LogP contribution is -1.91. The summed E-state index contributed by atoms with van der Waals surface area (Å²) in [5.74, 6) is 0. The molecule has 0 unspecified atom stereocenters. The predicted octanol–water partition coefficient (Wildman–Crippen LogP) is 2.77. The summed E-state index contributed by atoms with van der Waals surface area (Å²) in [5, 5.41) is 11.1. The molecule has 0 aliphatic carbocycles. The van der Waals surface area contributed by atoms with Crippen LogP contribution in [0.2, 0.25) is 0 Å². The third kappa shape index (κ3) is 1.87. The first-order valence-electron chi connectivity index (χ1n) is 4.88. The molecular weight excluding hydrogens is 204 g/mol. The molecule has 0 aliphatic heterocycles. The average molecular weight is 214 g/mol. The summed E-state index contributed by atoms with van der Waals surface area (Å²) < 4.78 is 1.76. The van der Waals surface area contributed by atoms with Gasteiger partial charge in [0.05, 0.1) is 0 Å². The van der Waals surface area contributed by atoms with E-state index in [-0.39, 0.29) is 0 Å². The first kappa shape index (κ1) is 10.2. The number of hydrogen-bond acceptors (Lipinski definition) is 3. The summed E-state index contributed by atoms with van der Waals surface area (Å²) in [6.45, 7) is 2.02. The molecule has 0 amide bonds. The summed E-state index contributed by atoms with van der Waals surface area (Å²) in [6.07, 6.45) is 4.03. The lowest BCUT2D eigenvalue weighted by molar-refractivity contribution is 1.04. The monoisotopic (exact) mass is 214 g/mol. The van der Waals surface area contributed by atoms with Crippen LogP contribution in [0, 0.1) is 0 Å². The quantitative estimate of drug-likeness (QED) is 0.447. The van der Waals surface area contributed by atoms with Gasteiger partial charge in [-0.2, -0.15) is 0 Å². The first-order valence-corrected chi connectivity index (χ1v) is 4.88. The van der Waals surface area contributed by atoms with Crippen LogP contribution in [0.4, 0.5) is 5.69 Å². The number of aromatic nitrogens is 3. The number of benzene rings is 1. The Morgan fingerprint density at radius 3 is 2.75 bits per heavy atom. The molecule has 0 fully saturated rings. The molecule has 0 aliphatic rings. The molecular formula is C10H10N6. The van der Waals surface area contributed by atoms with Crippen LogP contribution in [0.3, 0.4) is 0 Å². The van der Waals surface area contributed by atoms with Crippen LogP contribution in [0.1, 0.15) is 12.5 Å². The largest absolute Gasteiger partial charge is 0.288 e. The van der Waals surface area contributed by atoms with E-state index in [9.17, 15) is 0 Å². The highest BCUT2D eigenvalue weighted by molar-refractivity contribution is 5.53. The van der Waals surface area contributed by atoms with E-state index < -0.39 is 0 Å². The van der Waals surface area contributed by atoms with Gasteiger partial charge in [0.1, 0.15) is 12.7 Å². The van der Waals surface area contributed by atoms with Crippen molar-refractivity contribution in [1.82, 2.24) is 14.8 Å². The molecule has 80 valence electrons. The van der Waals surface area contributed by atoms with Gasteiger partial charge in [-0.15, -0.1) is 10.2 Å². The molecule has 1 aromatic heterocycles. The fraction of sp³-hybridized carbons (Fsp3) is 0.200. The molecule has 0 atom stereocenters. The van der Waals surface area contributed by atoms with Crippen molar-refractivity contribution in [3.8, 4) is 5.69 Å². The van der Waals surface area contributed by atoms with Crippen molar-refractivity contribution in [3.05, 3.63) is 46.9 Å². The minimum atomic E-state index is 0.649. The maximum atomic E-state index is 8.49. The van der Waals surface area contributed by atoms with E-state index in [0.29, 0.717) is 5.69 Å². The van der Waals surface area contributed by atoms with Crippen molar-refractivity contribution in [2.24, 2.45) is 5.11 Å². The predicted molar refractivity (Wildman–Crippen MR) is 59.5 cm³/mol. The van der Waals surface area contributed by atoms with E-state index >= 15 is 0 Å². The molecule has 0 spiro atoms. The second-order valence-electron chi connectivity index (χ2n) is 3.23. The van der Waals surface area contributed by atoms with E-state index in [1.165, 1.54) is 0 Å². The molecule has 6 nitrogen and oxygen atoms in total. The van der Waals surface area contributed by atoms with Crippen molar-refractivity contribution >= 4 is 5.69 Å². The summed E-state index contributed by atoms with van der Waals surface area (Å²) in [6, 6.07) is 5.71. The topological polar surface area (TPSA) is 79.5 Å². The molecule has 16 heavy (non-hydrogen) atoms. The van der Waals surface area contributed by atoms with Gasteiger partial charge in [0.15, 0.2) is 0 Å². The summed E-state index contributed by atoms with van der Waals surface area (Å²) in [5.41, 5.74) is 11.0. The summed E-state index contributed by atoms with van der Waals surface area (Å²) in [7, 11) is 0. The maximum absolute atomic E-state index is 8.49. The van der Waals surface area contributed by atoms with E-state index in [2.05, 4.69) is 20.2 Å². The Morgan fingerprint density at radius 1 is 1.38 bits per heavy atom. The Labute approximate surface area is 92.2 Å². The third-order valence-corrected chi connectivity index (χ3v) is 2.32. The highest BCUT2D eigenvalue weighted by atomic mass is 15.2. The van der Waals surface area contributed by atoms with Crippen LogP contribution < -0.4 is 0 Å². The van der Waals surface area contributed by atoms with Crippen molar-refractivity contribution in [2.45, 2.75) is 13.3 Å². The first-order chi connectivity index (χ1) is 7.85. The van der Waals surface area contributed by atoms with Gasteiger partial charge in [-0.25, -0.2) is 0 Å². The standard InChI is InChI=1S/C10H10N6/c1-2-8-3-4-9(5-10(8)14-15-11)16-6-12-13-7-16/h3-7H,2H2,1H3. The SMILES string of the molecule is CCc1ccc(-n2cnnc2)cc1N=[N+]=[N-]. The van der Waals surface area contributed by atoms with Gasteiger partial charge < -0.3 is 0 Å². The van der Waals surface area contributed by atoms with E-state index in [1.54, 1.807) is 17.2 Å². The Kier molecular flexibility index (Phi) is 2.84. The highest BCUT2D eigenvalue weighted by Crippen LogP contribution is 2.23. The minimum Gasteiger partial charge on any atom is -0.288 e. The van der Waals surface area contributed by atoms with Crippen molar-refractivity contribution in [2.75, 3.05) is 0 Å². The molecule has 0 saturated carbocycles. The smallest absolute Gasteiger partial charge is 0.123 e. The van der Waals surface area contributed by atoms with Gasteiger partial charge in [-0.3, -0.25) is 4.57 Å². The molecule has 0 radical (unpaired) electrons. The number of aryl methyl sites for hydroxylation is 1. The highest BCUT2D eigenvalue weighted by Gasteiger charge is 2.02. The second kappa shape index (κ2) is 4.46. The number of hydrogen-bond donors (Lipinski definition) is 0. The van der Waals surface area contributed by atoms with Gasteiger partial charge in [0, 0.05) is 16.3 Å². The Bertz CT molecular complexity index is 524. The van der Waals surface area contributed by atoms with Crippen LogP contribution >= 0.6 is 0 Å². The van der Waals surface area contributed by atoms with Crippen molar-refractivity contribution in [1.29, 1.82) is 0 Å². The number of nitrogens with zero attached hydrogens (tertiary/aromatic N) is 6. The minimum absolute atomic E-state index is 0.649. The van der Waals surface area contributed by atoms with Gasteiger partial charge >= 0.3 is 0 Å². The molecule has 0 bridgehead atoms. The molecule has 2 rings (SSSR count). The number of rotatable bonds is 3. The van der Waals surface area contributed by atoms with E-state index in [0.717, 1.165) is 17.7 Å². The zero-order valence-electron chi connectivity index (χ0n) is 8.78. The molecule has 1 heterocycles. The van der Waals surface area contributed by atoms with Gasteiger partial charge in [-0.1, -0.05) is 18.1 Å². The van der Waals surface area contributed by atoms with Crippen LogP contribution in [-0.4, -0.2) is 14.8 Å². The van der Waals surface area contributed by atoms with Crippen molar-refractivity contribution in [3.63, 3.8) is 0 Å². The second-order valence-corrected chi connectivity index (χ2v) is 3.23. The third-order valence-electron chi connectivity index (χ3n) is 2.32. The normalized spacial score (nSPS) is 9.81. The van der Waals surface area contributed by atoms with Crippen LogP contribution in [0.25, 0.3) is 16.1 Å². The molecule has 2 aromatic rings. The summed E-state index contributed by atoms with van der Waals surface area (Å²) in [4.78, 5) is 2.82. The van der Waals surface area contributed by atoms with Gasteiger partial charge in [0.25, 0.3) is 0 Å². The fourth-order valence-electron chi connectivity index (χ4n) is 1.49. The molecule has 0 saturated heterocycles. The van der Waals surface area contributed by atoms with Gasteiger partial charge in [0.2, 0.25) is 0 Å². The Morgan fingerprint density at radius 2 is 2.12 bits per heavy atom. The lowest BCUT2D eigenvalue weighted by atomic mass is 10.1. The zero-order valence-corrected chi connectivity index (χ0v) is 8.78. The van der Waals surface area contributed by atoms with Crippen LogP contribution in [0.5, 0.6) is 0 Å². The average Bonchev–Trinajstić information content (AvgIpc) is 2.83. The maximum Gasteiger partial charge on any atom is 0.123 e. The van der Waals surface area contributed by atoms with Gasteiger partial charge in [-0.05, 0) is 29.6 Å². The molecule has 0 N–H and O–H groups in total. The zero-order chi connectivity index (χ0) is 11.4. The Balaban J connectivity index is 2.51. The lowest BCUT2D eigenvalue weighted by Gasteiger charge is -2.06. The molecule has 6 heteroatoms. The fourth-order valence-corrected chi connectivity index (χ4v) is 1.49. The van der Waals surface area contributed by atoms with E-state index in [1.807, 2.05) is 25.1 Å². The number of azide groups is 1. The van der Waals surface area contributed by atoms with Crippen molar-refractivity contribution < 1.29 is 0 Å². The Hall–Kier alpha value is -2.33. The van der Waals surface area contributed by atoms with E-state index in [4.69, 9.17) is 5.53 Å².